The standard InChI is InChI=1S/C18H19NO3.ClH/c1-21-15-8-11-5-6-19-14-7-10-3-4-12(20)9-13(10)17(16(11)14)18(15)22-2;/h3-4,8-9,14,19-20H,5-7H2,1-2H3;1H/p-1. The summed E-state index contributed by atoms with van der Waals surface area (Å²) in [6.07, 6.45) is 1.92. The average Bonchev–Trinajstić information content (AvgIpc) is 2.55. The summed E-state index contributed by atoms with van der Waals surface area (Å²) in [5, 5.41) is 13.5. The maximum absolute atomic E-state index is 9.92. The number of rotatable bonds is 2. The highest BCUT2D eigenvalue weighted by Crippen LogP contribution is 2.51. The second-order valence-corrected chi connectivity index (χ2v) is 5.86. The molecule has 1 unspecified atom stereocenters. The molecule has 0 radical (unpaired) electrons. The zero-order chi connectivity index (χ0) is 15.3. The number of halogens is 1. The summed E-state index contributed by atoms with van der Waals surface area (Å²) in [4.78, 5) is 0. The average molecular weight is 333 g/mol. The number of aromatic hydroxyl groups is 1. The van der Waals surface area contributed by atoms with Gasteiger partial charge in [-0.1, -0.05) is 6.07 Å². The SMILES string of the molecule is COc1cc2c3c(c1OC)-c1cc(O)ccc1CC3NCC2.[Cl-]. The van der Waals surface area contributed by atoms with E-state index in [2.05, 4.69) is 11.4 Å². The molecule has 0 spiro atoms. The third kappa shape index (κ3) is 2.33. The fraction of sp³-hybridized carbons (Fsp3) is 0.333. The highest BCUT2D eigenvalue weighted by Gasteiger charge is 2.33. The minimum absolute atomic E-state index is 0. The number of hydrogen-bond donors (Lipinski definition) is 2. The van der Waals surface area contributed by atoms with Gasteiger partial charge in [-0.25, -0.2) is 0 Å². The fourth-order valence-corrected chi connectivity index (χ4v) is 3.79. The lowest BCUT2D eigenvalue weighted by Gasteiger charge is -2.35. The Morgan fingerprint density at radius 3 is 2.70 bits per heavy atom. The van der Waals surface area contributed by atoms with E-state index >= 15 is 0 Å². The Labute approximate surface area is 141 Å². The summed E-state index contributed by atoms with van der Waals surface area (Å²) in [5.74, 6) is 1.79. The van der Waals surface area contributed by atoms with Crippen LogP contribution in [0.2, 0.25) is 0 Å². The van der Waals surface area contributed by atoms with E-state index in [-0.39, 0.29) is 18.2 Å². The molecule has 0 saturated carbocycles. The summed E-state index contributed by atoms with van der Waals surface area (Å²) in [5.41, 5.74) is 5.94. The Bertz CT molecular complexity index is 760. The van der Waals surface area contributed by atoms with E-state index in [0.29, 0.717) is 6.04 Å². The van der Waals surface area contributed by atoms with Crippen molar-refractivity contribution in [1.29, 1.82) is 0 Å². The molecule has 23 heavy (non-hydrogen) atoms. The van der Waals surface area contributed by atoms with E-state index < -0.39 is 0 Å². The van der Waals surface area contributed by atoms with E-state index in [1.165, 1.54) is 16.7 Å². The zero-order valence-corrected chi connectivity index (χ0v) is 13.9. The van der Waals surface area contributed by atoms with Gasteiger partial charge in [-0.3, -0.25) is 0 Å². The molecule has 1 atom stereocenters. The quantitative estimate of drug-likeness (QED) is 0.801. The van der Waals surface area contributed by atoms with E-state index in [0.717, 1.165) is 42.0 Å². The summed E-state index contributed by atoms with van der Waals surface area (Å²) >= 11 is 0. The largest absolute Gasteiger partial charge is 1.00 e. The van der Waals surface area contributed by atoms with Crippen LogP contribution in [0.4, 0.5) is 0 Å². The number of fused-ring (bicyclic) bond motifs is 2. The number of hydrogen-bond acceptors (Lipinski definition) is 4. The zero-order valence-electron chi connectivity index (χ0n) is 13.1. The van der Waals surface area contributed by atoms with Gasteiger partial charge in [-0.05, 0) is 59.8 Å². The minimum Gasteiger partial charge on any atom is -1.00 e. The Morgan fingerprint density at radius 2 is 1.96 bits per heavy atom. The third-order valence-corrected chi connectivity index (χ3v) is 4.72. The van der Waals surface area contributed by atoms with Crippen LogP contribution in [-0.4, -0.2) is 25.9 Å². The van der Waals surface area contributed by atoms with Crippen molar-refractivity contribution in [3.63, 3.8) is 0 Å². The summed E-state index contributed by atoms with van der Waals surface area (Å²) < 4.78 is 11.2. The molecule has 122 valence electrons. The summed E-state index contributed by atoms with van der Waals surface area (Å²) in [6, 6.07) is 7.98. The lowest BCUT2D eigenvalue weighted by molar-refractivity contribution is -0.00000600. The highest BCUT2D eigenvalue weighted by molar-refractivity contribution is 5.84. The normalized spacial score (nSPS) is 17.6. The van der Waals surface area contributed by atoms with Crippen LogP contribution >= 0.6 is 0 Å². The van der Waals surface area contributed by atoms with Gasteiger partial charge < -0.3 is 32.3 Å². The maximum atomic E-state index is 9.92. The van der Waals surface area contributed by atoms with Gasteiger partial charge in [0.2, 0.25) is 0 Å². The van der Waals surface area contributed by atoms with Crippen LogP contribution in [0.5, 0.6) is 17.2 Å². The molecule has 1 heterocycles. The fourth-order valence-electron chi connectivity index (χ4n) is 3.79. The van der Waals surface area contributed by atoms with Crippen LogP contribution in [0.1, 0.15) is 22.7 Å². The van der Waals surface area contributed by atoms with Gasteiger partial charge in [0.05, 0.1) is 14.2 Å². The van der Waals surface area contributed by atoms with Crippen LogP contribution in [0.3, 0.4) is 0 Å². The van der Waals surface area contributed by atoms with Crippen molar-refractivity contribution in [2.45, 2.75) is 18.9 Å². The second kappa shape index (κ2) is 5.95. The van der Waals surface area contributed by atoms with E-state index in [4.69, 9.17) is 9.47 Å². The Kier molecular flexibility index (Phi) is 4.13. The summed E-state index contributed by atoms with van der Waals surface area (Å²) in [7, 11) is 3.34. The Hall–Kier alpha value is -1.91. The molecule has 2 aromatic rings. The van der Waals surface area contributed by atoms with Crippen LogP contribution in [0.25, 0.3) is 11.1 Å². The van der Waals surface area contributed by atoms with Crippen molar-refractivity contribution in [3.8, 4) is 28.4 Å². The van der Waals surface area contributed by atoms with Gasteiger partial charge in [0.15, 0.2) is 11.5 Å². The molecule has 1 aliphatic heterocycles. The number of phenolic OH excluding ortho intramolecular Hbond substituents is 1. The first-order valence-electron chi connectivity index (χ1n) is 7.56. The minimum atomic E-state index is 0. The number of benzene rings is 2. The monoisotopic (exact) mass is 332 g/mol. The number of ether oxygens (including phenoxy) is 2. The third-order valence-electron chi connectivity index (χ3n) is 4.72. The van der Waals surface area contributed by atoms with Gasteiger partial charge in [-0.15, -0.1) is 0 Å². The van der Waals surface area contributed by atoms with Gasteiger partial charge >= 0.3 is 0 Å². The van der Waals surface area contributed by atoms with E-state index in [9.17, 15) is 5.11 Å². The molecule has 1 aliphatic carbocycles. The lowest BCUT2D eigenvalue weighted by atomic mass is 9.77. The number of phenols is 1. The second-order valence-electron chi connectivity index (χ2n) is 5.86. The van der Waals surface area contributed by atoms with E-state index in [1.54, 1.807) is 20.3 Å². The molecule has 0 fully saturated rings. The van der Waals surface area contributed by atoms with Crippen molar-refractivity contribution < 1.29 is 27.0 Å². The summed E-state index contributed by atoms with van der Waals surface area (Å²) in [6.45, 7) is 0.972. The van der Waals surface area contributed by atoms with Crippen LogP contribution < -0.4 is 27.2 Å². The predicted molar refractivity (Wildman–Crippen MR) is 84.8 cm³/mol. The first-order valence-corrected chi connectivity index (χ1v) is 7.56. The first kappa shape index (κ1) is 16.0. The molecule has 5 heteroatoms. The lowest BCUT2D eigenvalue weighted by Crippen LogP contribution is -3.00. The predicted octanol–water partition coefficient (Wildman–Crippen LogP) is -0.177. The molecule has 0 saturated heterocycles. The van der Waals surface area contributed by atoms with Crippen LogP contribution in [0.15, 0.2) is 24.3 Å². The number of nitrogens with one attached hydrogen (secondary N) is 1. The molecule has 4 rings (SSSR count). The smallest absolute Gasteiger partial charge is 0.168 e. The van der Waals surface area contributed by atoms with Gasteiger partial charge in [0.1, 0.15) is 5.75 Å². The topological polar surface area (TPSA) is 50.7 Å². The molecule has 0 aromatic heterocycles. The van der Waals surface area contributed by atoms with Crippen molar-refractivity contribution >= 4 is 0 Å². The highest BCUT2D eigenvalue weighted by atomic mass is 35.5. The van der Waals surface area contributed by atoms with Gasteiger partial charge in [0, 0.05) is 11.6 Å². The number of methoxy groups -OCH3 is 2. The van der Waals surface area contributed by atoms with Crippen LogP contribution in [-0.2, 0) is 12.8 Å². The van der Waals surface area contributed by atoms with Crippen molar-refractivity contribution in [2.75, 3.05) is 20.8 Å². The van der Waals surface area contributed by atoms with Crippen molar-refractivity contribution in [1.82, 2.24) is 5.32 Å². The first-order chi connectivity index (χ1) is 10.7. The molecule has 0 bridgehead atoms. The van der Waals surface area contributed by atoms with E-state index in [1.807, 2.05) is 12.1 Å². The maximum Gasteiger partial charge on any atom is 0.168 e. The van der Waals surface area contributed by atoms with Crippen LogP contribution in [0, 0.1) is 0 Å². The molecular weight excluding hydrogens is 314 g/mol. The Morgan fingerprint density at radius 1 is 1.13 bits per heavy atom. The Balaban J connectivity index is 0.00000156. The molecular formula is C18H19ClNO3-. The van der Waals surface area contributed by atoms with Crippen molar-refractivity contribution in [2.24, 2.45) is 0 Å². The van der Waals surface area contributed by atoms with Gasteiger partial charge in [-0.2, -0.15) is 0 Å². The molecule has 4 nitrogen and oxygen atoms in total. The molecule has 2 aliphatic rings. The molecule has 2 N–H and O–H groups in total. The molecule has 0 amide bonds. The van der Waals surface area contributed by atoms with Gasteiger partial charge in [0.25, 0.3) is 0 Å². The van der Waals surface area contributed by atoms with Crippen molar-refractivity contribution in [3.05, 3.63) is 41.0 Å². The molecule has 2 aromatic carbocycles.